The number of benzene rings is 1. The van der Waals surface area contributed by atoms with Crippen LogP contribution >= 0.6 is 0 Å². The molecule has 0 N–H and O–H groups in total. The SMILES string of the molecule is Cc1cccc(C(C#N)C2CC2)c1. The van der Waals surface area contributed by atoms with E-state index < -0.39 is 0 Å². The monoisotopic (exact) mass is 171 g/mol. The van der Waals surface area contributed by atoms with Gasteiger partial charge in [0, 0.05) is 0 Å². The predicted molar refractivity (Wildman–Crippen MR) is 52.3 cm³/mol. The molecule has 0 amide bonds. The van der Waals surface area contributed by atoms with Gasteiger partial charge in [-0.2, -0.15) is 5.26 Å². The van der Waals surface area contributed by atoms with E-state index >= 15 is 0 Å². The molecule has 2 rings (SSSR count). The zero-order valence-corrected chi connectivity index (χ0v) is 7.83. The first kappa shape index (κ1) is 8.31. The first-order valence-electron chi connectivity index (χ1n) is 4.77. The lowest BCUT2D eigenvalue weighted by Gasteiger charge is -2.07. The molecule has 1 nitrogen and oxygen atoms in total. The molecule has 0 radical (unpaired) electrons. The first-order valence-corrected chi connectivity index (χ1v) is 4.77. The zero-order valence-electron chi connectivity index (χ0n) is 7.83. The van der Waals surface area contributed by atoms with Gasteiger partial charge in [-0.3, -0.25) is 0 Å². The third-order valence-corrected chi connectivity index (χ3v) is 2.63. The van der Waals surface area contributed by atoms with Crippen LogP contribution in [0, 0.1) is 24.2 Å². The Morgan fingerprint density at radius 1 is 1.46 bits per heavy atom. The van der Waals surface area contributed by atoms with Gasteiger partial charge in [0.25, 0.3) is 0 Å². The molecule has 66 valence electrons. The molecule has 0 aliphatic heterocycles. The summed E-state index contributed by atoms with van der Waals surface area (Å²) in [5, 5.41) is 9.03. The van der Waals surface area contributed by atoms with Gasteiger partial charge in [-0.05, 0) is 31.2 Å². The second-order valence-electron chi connectivity index (χ2n) is 3.86. The van der Waals surface area contributed by atoms with Crippen LogP contribution in [0.25, 0.3) is 0 Å². The van der Waals surface area contributed by atoms with Crippen LogP contribution < -0.4 is 0 Å². The molecule has 1 fully saturated rings. The molecule has 1 aromatic carbocycles. The Kier molecular flexibility index (Phi) is 2.06. The molecule has 1 aromatic rings. The van der Waals surface area contributed by atoms with Crippen LogP contribution in [-0.2, 0) is 0 Å². The second kappa shape index (κ2) is 3.22. The maximum Gasteiger partial charge on any atom is 0.0741 e. The number of nitrogens with zero attached hydrogens (tertiary/aromatic N) is 1. The molecule has 1 heteroatoms. The van der Waals surface area contributed by atoms with Crippen molar-refractivity contribution in [2.75, 3.05) is 0 Å². The van der Waals surface area contributed by atoms with Crippen LogP contribution in [-0.4, -0.2) is 0 Å². The minimum atomic E-state index is 0.139. The van der Waals surface area contributed by atoms with Crippen molar-refractivity contribution in [3.05, 3.63) is 35.4 Å². The average Bonchev–Trinajstić information content (AvgIpc) is 2.90. The number of nitriles is 1. The first-order chi connectivity index (χ1) is 6.31. The van der Waals surface area contributed by atoms with Gasteiger partial charge in [-0.25, -0.2) is 0 Å². The molecular formula is C12H13N. The maximum atomic E-state index is 9.03. The van der Waals surface area contributed by atoms with E-state index in [-0.39, 0.29) is 5.92 Å². The number of hydrogen-bond acceptors (Lipinski definition) is 1. The lowest BCUT2D eigenvalue weighted by Crippen LogP contribution is -1.97. The van der Waals surface area contributed by atoms with E-state index in [4.69, 9.17) is 5.26 Å². The second-order valence-corrected chi connectivity index (χ2v) is 3.86. The molecule has 13 heavy (non-hydrogen) atoms. The van der Waals surface area contributed by atoms with Crippen molar-refractivity contribution in [3.63, 3.8) is 0 Å². The summed E-state index contributed by atoms with van der Waals surface area (Å²) in [4.78, 5) is 0. The molecule has 0 aromatic heterocycles. The fourth-order valence-electron chi connectivity index (χ4n) is 1.75. The van der Waals surface area contributed by atoms with Crippen LogP contribution in [0.2, 0.25) is 0 Å². The largest absolute Gasteiger partial charge is 0.198 e. The van der Waals surface area contributed by atoms with Crippen molar-refractivity contribution in [2.45, 2.75) is 25.7 Å². The Morgan fingerprint density at radius 3 is 2.77 bits per heavy atom. The van der Waals surface area contributed by atoms with Gasteiger partial charge in [-0.15, -0.1) is 0 Å². The highest BCUT2D eigenvalue weighted by atomic mass is 14.4. The number of hydrogen-bond donors (Lipinski definition) is 0. The van der Waals surface area contributed by atoms with Crippen molar-refractivity contribution in [3.8, 4) is 6.07 Å². The molecular weight excluding hydrogens is 158 g/mol. The summed E-state index contributed by atoms with van der Waals surface area (Å²) in [6.45, 7) is 2.07. The maximum absolute atomic E-state index is 9.03. The summed E-state index contributed by atoms with van der Waals surface area (Å²) in [6.07, 6.45) is 2.46. The zero-order chi connectivity index (χ0) is 9.26. The smallest absolute Gasteiger partial charge is 0.0741 e. The Hall–Kier alpha value is -1.29. The Labute approximate surface area is 79.0 Å². The molecule has 1 saturated carbocycles. The van der Waals surface area contributed by atoms with Crippen LogP contribution in [0.15, 0.2) is 24.3 Å². The third-order valence-electron chi connectivity index (χ3n) is 2.63. The summed E-state index contributed by atoms with van der Waals surface area (Å²) in [6, 6.07) is 10.7. The van der Waals surface area contributed by atoms with Crippen LogP contribution in [0.3, 0.4) is 0 Å². The molecule has 1 atom stereocenters. The van der Waals surface area contributed by atoms with E-state index in [9.17, 15) is 0 Å². The van der Waals surface area contributed by atoms with E-state index in [1.54, 1.807) is 0 Å². The third kappa shape index (κ3) is 1.72. The molecule has 0 heterocycles. The standard InChI is InChI=1S/C12H13N/c1-9-3-2-4-11(7-9)12(8-13)10-5-6-10/h2-4,7,10,12H,5-6H2,1H3. The molecule has 0 bridgehead atoms. The fourth-order valence-corrected chi connectivity index (χ4v) is 1.75. The lowest BCUT2D eigenvalue weighted by atomic mass is 9.95. The van der Waals surface area contributed by atoms with E-state index in [0.29, 0.717) is 5.92 Å². The summed E-state index contributed by atoms with van der Waals surface area (Å²) in [5.74, 6) is 0.770. The Morgan fingerprint density at radius 2 is 2.23 bits per heavy atom. The van der Waals surface area contributed by atoms with E-state index in [1.807, 2.05) is 6.07 Å². The summed E-state index contributed by atoms with van der Waals surface area (Å²) >= 11 is 0. The Balaban J connectivity index is 2.27. The molecule has 1 aliphatic rings. The highest BCUT2D eigenvalue weighted by Gasteiger charge is 2.32. The Bertz CT molecular complexity index is 344. The van der Waals surface area contributed by atoms with Crippen molar-refractivity contribution >= 4 is 0 Å². The van der Waals surface area contributed by atoms with Gasteiger partial charge in [0.05, 0.1) is 12.0 Å². The summed E-state index contributed by atoms with van der Waals surface area (Å²) in [7, 11) is 0. The minimum absolute atomic E-state index is 0.139. The average molecular weight is 171 g/mol. The van der Waals surface area contributed by atoms with Crippen molar-refractivity contribution in [1.29, 1.82) is 5.26 Å². The highest BCUT2D eigenvalue weighted by molar-refractivity contribution is 5.30. The van der Waals surface area contributed by atoms with E-state index in [2.05, 4.69) is 31.2 Å². The van der Waals surface area contributed by atoms with Crippen LogP contribution in [0.1, 0.15) is 29.9 Å². The van der Waals surface area contributed by atoms with E-state index in [0.717, 1.165) is 0 Å². The minimum Gasteiger partial charge on any atom is -0.198 e. The van der Waals surface area contributed by atoms with Crippen molar-refractivity contribution in [2.24, 2.45) is 5.92 Å². The summed E-state index contributed by atoms with van der Waals surface area (Å²) in [5.41, 5.74) is 2.45. The highest BCUT2D eigenvalue weighted by Crippen LogP contribution is 2.42. The van der Waals surface area contributed by atoms with Crippen molar-refractivity contribution < 1.29 is 0 Å². The lowest BCUT2D eigenvalue weighted by molar-refractivity contribution is 0.739. The van der Waals surface area contributed by atoms with Crippen LogP contribution in [0.5, 0.6) is 0 Å². The van der Waals surface area contributed by atoms with Gasteiger partial charge in [-0.1, -0.05) is 29.8 Å². The fraction of sp³-hybridized carbons (Fsp3) is 0.417. The normalized spacial score (nSPS) is 17.8. The van der Waals surface area contributed by atoms with Crippen molar-refractivity contribution in [1.82, 2.24) is 0 Å². The quantitative estimate of drug-likeness (QED) is 0.671. The molecule has 1 aliphatic carbocycles. The predicted octanol–water partition coefficient (Wildman–Crippen LogP) is 3.01. The summed E-state index contributed by atoms with van der Waals surface area (Å²) < 4.78 is 0. The van der Waals surface area contributed by atoms with Gasteiger partial charge >= 0.3 is 0 Å². The topological polar surface area (TPSA) is 23.8 Å². The van der Waals surface area contributed by atoms with Crippen LogP contribution in [0.4, 0.5) is 0 Å². The number of aryl methyl sites for hydroxylation is 1. The van der Waals surface area contributed by atoms with Gasteiger partial charge < -0.3 is 0 Å². The van der Waals surface area contributed by atoms with Gasteiger partial charge in [0.1, 0.15) is 0 Å². The molecule has 0 saturated heterocycles. The number of rotatable bonds is 2. The van der Waals surface area contributed by atoms with Gasteiger partial charge in [0.2, 0.25) is 0 Å². The molecule has 1 unspecified atom stereocenters. The molecule has 0 spiro atoms. The van der Waals surface area contributed by atoms with Gasteiger partial charge in [0.15, 0.2) is 0 Å². The van der Waals surface area contributed by atoms with E-state index in [1.165, 1.54) is 24.0 Å².